The van der Waals surface area contributed by atoms with Crippen molar-refractivity contribution in [2.75, 3.05) is 13.3 Å². The minimum atomic E-state index is -3.08. The molecular formula is C6H11N3O3S. The summed E-state index contributed by atoms with van der Waals surface area (Å²) in [5.74, 6) is 0.411. The normalized spacial score (nSPS) is 11.8. The SMILES string of the molecule is CNCc1nc(CS(C)(=O)=O)no1. The fourth-order valence-electron chi connectivity index (χ4n) is 0.806. The summed E-state index contributed by atoms with van der Waals surface area (Å²) in [6, 6.07) is 0. The number of hydrogen-bond donors (Lipinski definition) is 1. The Morgan fingerprint density at radius 2 is 2.23 bits per heavy atom. The third-order valence-corrected chi connectivity index (χ3v) is 2.01. The van der Waals surface area contributed by atoms with Crippen LogP contribution in [0.2, 0.25) is 0 Å². The Labute approximate surface area is 76.3 Å². The lowest BCUT2D eigenvalue weighted by Crippen LogP contribution is -2.06. The van der Waals surface area contributed by atoms with Crippen LogP contribution in [0.1, 0.15) is 11.7 Å². The van der Waals surface area contributed by atoms with Crippen LogP contribution >= 0.6 is 0 Å². The molecule has 1 N–H and O–H groups in total. The number of rotatable bonds is 4. The highest BCUT2D eigenvalue weighted by molar-refractivity contribution is 7.89. The van der Waals surface area contributed by atoms with E-state index in [-0.39, 0.29) is 11.6 Å². The minimum absolute atomic E-state index is 0.180. The minimum Gasteiger partial charge on any atom is -0.338 e. The maximum absolute atomic E-state index is 10.8. The van der Waals surface area contributed by atoms with Crippen LogP contribution in [0.5, 0.6) is 0 Å². The van der Waals surface area contributed by atoms with Gasteiger partial charge in [-0.25, -0.2) is 8.42 Å². The molecule has 13 heavy (non-hydrogen) atoms. The van der Waals surface area contributed by atoms with Crippen molar-refractivity contribution < 1.29 is 12.9 Å². The van der Waals surface area contributed by atoms with Gasteiger partial charge < -0.3 is 9.84 Å². The lowest BCUT2D eigenvalue weighted by Gasteiger charge is -1.89. The van der Waals surface area contributed by atoms with E-state index in [1.165, 1.54) is 0 Å². The summed E-state index contributed by atoms with van der Waals surface area (Å²) < 4.78 is 26.4. The van der Waals surface area contributed by atoms with E-state index in [0.717, 1.165) is 6.26 Å². The summed E-state index contributed by atoms with van der Waals surface area (Å²) in [7, 11) is -1.35. The highest BCUT2D eigenvalue weighted by atomic mass is 32.2. The van der Waals surface area contributed by atoms with Crippen molar-refractivity contribution in [3.8, 4) is 0 Å². The molecule has 0 spiro atoms. The van der Waals surface area contributed by atoms with E-state index >= 15 is 0 Å². The second-order valence-electron chi connectivity index (χ2n) is 2.70. The van der Waals surface area contributed by atoms with Gasteiger partial charge in [0.2, 0.25) is 5.89 Å². The van der Waals surface area contributed by atoms with E-state index in [1.807, 2.05) is 0 Å². The number of nitrogens with zero attached hydrogens (tertiary/aromatic N) is 2. The van der Waals surface area contributed by atoms with Gasteiger partial charge in [-0.3, -0.25) is 0 Å². The first-order chi connectivity index (χ1) is 6.01. The summed E-state index contributed by atoms with van der Waals surface area (Å²) in [4.78, 5) is 3.87. The molecule has 0 aliphatic heterocycles. The molecule has 6 nitrogen and oxygen atoms in total. The van der Waals surface area contributed by atoms with Crippen LogP contribution in [0.4, 0.5) is 0 Å². The van der Waals surface area contributed by atoms with E-state index < -0.39 is 9.84 Å². The molecule has 1 aromatic rings. The topological polar surface area (TPSA) is 85.1 Å². The van der Waals surface area contributed by atoms with Gasteiger partial charge in [0.25, 0.3) is 0 Å². The van der Waals surface area contributed by atoms with Crippen LogP contribution in [-0.2, 0) is 22.1 Å². The van der Waals surface area contributed by atoms with Crippen molar-refractivity contribution in [1.29, 1.82) is 0 Å². The Balaban J connectivity index is 2.69. The molecule has 1 rings (SSSR count). The number of aromatic nitrogens is 2. The largest absolute Gasteiger partial charge is 0.338 e. The first kappa shape index (κ1) is 10.1. The Morgan fingerprint density at radius 3 is 2.77 bits per heavy atom. The zero-order valence-electron chi connectivity index (χ0n) is 7.44. The molecule has 1 heterocycles. The smallest absolute Gasteiger partial charge is 0.240 e. The Bertz CT molecular complexity index is 370. The molecule has 0 bridgehead atoms. The summed E-state index contributed by atoms with van der Waals surface area (Å²) in [6.07, 6.45) is 1.13. The molecule has 0 fully saturated rings. The Morgan fingerprint density at radius 1 is 1.54 bits per heavy atom. The van der Waals surface area contributed by atoms with Gasteiger partial charge in [0.15, 0.2) is 15.7 Å². The van der Waals surface area contributed by atoms with Crippen LogP contribution in [0.15, 0.2) is 4.52 Å². The predicted molar refractivity (Wildman–Crippen MR) is 45.6 cm³/mol. The van der Waals surface area contributed by atoms with Crippen molar-refractivity contribution >= 4 is 9.84 Å². The monoisotopic (exact) mass is 205 g/mol. The molecule has 74 valence electrons. The summed E-state index contributed by atoms with van der Waals surface area (Å²) in [5.41, 5.74) is 0. The van der Waals surface area contributed by atoms with E-state index in [0.29, 0.717) is 12.4 Å². The van der Waals surface area contributed by atoms with E-state index in [9.17, 15) is 8.42 Å². The highest BCUT2D eigenvalue weighted by Crippen LogP contribution is 2.00. The zero-order valence-corrected chi connectivity index (χ0v) is 8.26. The summed E-state index contributed by atoms with van der Waals surface area (Å²) in [5, 5.41) is 6.33. The Hall–Kier alpha value is -0.950. The first-order valence-corrected chi connectivity index (χ1v) is 5.71. The van der Waals surface area contributed by atoms with Gasteiger partial charge in [0.05, 0.1) is 6.54 Å². The molecule has 0 aliphatic rings. The molecule has 0 aliphatic carbocycles. The second kappa shape index (κ2) is 3.84. The van der Waals surface area contributed by atoms with Crippen molar-refractivity contribution in [1.82, 2.24) is 15.5 Å². The quantitative estimate of drug-likeness (QED) is 0.702. The molecule has 0 amide bonds. The van der Waals surface area contributed by atoms with Crippen LogP contribution in [0, 0.1) is 0 Å². The third kappa shape index (κ3) is 3.51. The fraction of sp³-hybridized carbons (Fsp3) is 0.667. The molecule has 1 aromatic heterocycles. The van der Waals surface area contributed by atoms with Crippen molar-refractivity contribution in [3.05, 3.63) is 11.7 Å². The average Bonchev–Trinajstić information content (AvgIpc) is 2.33. The van der Waals surface area contributed by atoms with E-state index in [2.05, 4.69) is 15.5 Å². The van der Waals surface area contributed by atoms with Crippen LogP contribution in [0.3, 0.4) is 0 Å². The van der Waals surface area contributed by atoms with Gasteiger partial charge >= 0.3 is 0 Å². The molecule has 0 radical (unpaired) electrons. The second-order valence-corrected chi connectivity index (χ2v) is 4.84. The van der Waals surface area contributed by atoms with E-state index in [1.54, 1.807) is 7.05 Å². The maximum Gasteiger partial charge on any atom is 0.240 e. The number of sulfone groups is 1. The van der Waals surface area contributed by atoms with Gasteiger partial charge in [-0.2, -0.15) is 4.98 Å². The Kier molecular flexibility index (Phi) is 2.99. The molecule has 0 saturated carbocycles. The average molecular weight is 205 g/mol. The molecule has 0 atom stereocenters. The van der Waals surface area contributed by atoms with E-state index in [4.69, 9.17) is 4.52 Å². The fourth-order valence-corrected chi connectivity index (χ4v) is 1.39. The summed E-state index contributed by atoms with van der Waals surface area (Å²) in [6.45, 7) is 0.441. The lowest BCUT2D eigenvalue weighted by molar-refractivity contribution is 0.368. The van der Waals surface area contributed by atoms with Crippen molar-refractivity contribution in [2.24, 2.45) is 0 Å². The number of hydrogen-bond acceptors (Lipinski definition) is 6. The zero-order chi connectivity index (χ0) is 9.90. The molecule has 7 heteroatoms. The standard InChI is InChI=1S/C6H11N3O3S/c1-7-3-6-8-5(9-12-6)4-13(2,10)11/h7H,3-4H2,1-2H3. The third-order valence-electron chi connectivity index (χ3n) is 1.23. The predicted octanol–water partition coefficient (Wildman–Crippen LogP) is -0.666. The molecule has 0 aromatic carbocycles. The van der Waals surface area contributed by atoms with Gasteiger partial charge in [-0.1, -0.05) is 5.16 Å². The van der Waals surface area contributed by atoms with Crippen molar-refractivity contribution in [2.45, 2.75) is 12.3 Å². The van der Waals surface area contributed by atoms with Gasteiger partial charge in [0, 0.05) is 6.26 Å². The van der Waals surface area contributed by atoms with Gasteiger partial charge in [-0.05, 0) is 7.05 Å². The van der Waals surface area contributed by atoms with Crippen LogP contribution in [-0.4, -0.2) is 31.9 Å². The van der Waals surface area contributed by atoms with Gasteiger partial charge in [0.1, 0.15) is 5.75 Å². The number of nitrogens with one attached hydrogen (secondary N) is 1. The lowest BCUT2D eigenvalue weighted by atomic mass is 10.6. The maximum atomic E-state index is 10.8. The highest BCUT2D eigenvalue weighted by Gasteiger charge is 2.11. The summed E-state index contributed by atoms with van der Waals surface area (Å²) >= 11 is 0. The van der Waals surface area contributed by atoms with Crippen molar-refractivity contribution in [3.63, 3.8) is 0 Å². The van der Waals surface area contributed by atoms with Crippen LogP contribution in [0.25, 0.3) is 0 Å². The molecule has 0 unspecified atom stereocenters. The van der Waals surface area contributed by atoms with Crippen LogP contribution < -0.4 is 5.32 Å². The first-order valence-electron chi connectivity index (χ1n) is 3.65. The van der Waals surface area contributed by atoms with Gasteiger partial charge in [-0.15, -0.1) is 0 Å². The molecular weight excluding hydrogens is 194 g/mol. The molecule has 0 saturated heterocycles.